The van der Waals surface area contributed by atoms with Gasteiger partial charge in [0.05, 0.1) is 22.7 Å². The molecule has 0 unspecified atom stereocenters. The number of para-hydroxylation sites is 3. The third kappa shape index (κ3) is 9.08. The second kappa shape index (κ2) is 20.9. The van der Waals surface area contributed by atoms with E-state index in [-0.39, 0.29) is 24.5 Å². The smallest absolute Gasteiger partial charge is 0.421 e. The van der Waals surface area contributed by atoms with Crippen LogP contribution in [0.25, 0.3) is 45.8 Å². The lowest BCUT2D eigenvalue weighted by Gasteiger charge is -2.46. The molecule has 2 aromatic heterocycles. The molecule has 0 N–H and O–H groups in total. The van der Waals surface area contributed by atoms with E-state index in [9.17, 15) is 0 Å². The van der Waals surface area contributed by atoms with Gasteiger partial charge in [-0.1, -0.05) is 150 Å². The standard InChI is InChI=1S/C80H76B2N4O2/c1-16-26-55-43-73(87-71(55)17-2)57-37-53(8)78(54(9)38-57)84-66-47-68-67(85(61-28-20-18-21-29-61)82(86(68)62-30-22-19-23-31-62)75-49(4)41-60(42-50(75)5)80(13,14)15)46-64(66)81-63-34-33-59(79(10,11)12)45-65(63)83(69-35-48(3)36-70(84)76(69)81)77-51(6)39-58(40-52(77)7)74-44-56-27-24-25-32-72(56)88-74/h16-47H,2H2,1,3-15H3/b26-16-. The van der Waals surface area contributed by atoms with E-state index in [1.807, 2.05) is 19.1 Å². The van der Waals surface area contributed by atoms with Crippen LogP contribution in [0, 0.1) is 48.5 Å². The Labute approximate surface area is 521 Å². The van der Waals surface area contributed by atoms with Crippen LogP contribution in [0.3, 0.4) is 0 Å². The van der Waals surface area contributed by atoms with E-state index in [1.54, 1.807) is 0 Å². The predicted molar refractivity (Wildman–Crippen MR) is 378 cm³/mol. The van der Waals surface area contributed by atoms with Crippen molar-refractivity contribution in [2.45, 2.75) is 108 Å². The van der Waals surface area contributed by atoms with Gasteiger partial charge in [0.15, 0.2) is 0 Å². The normalized spacial score (nSPS) is 13.7. The first-order valence-corrected chi connectivity index (χ1v) is 31.2. The molecular weight excluding hydrogens is 1070 g/mol. The average molecular weight is 1150 g/mol. The molecule has 0 radical (unpaired) electrons. The Hall–Kier alpha value is -9.39. The Morgan fingerprint density at radius 2 is 0.955 bits per heavy atom. The molecule has 11 aromatic rings. The summed E-state index contributed by atoms with van der Waals surface area (Å²) in [4.78, 5) is 10.5. The Balaban J connectivity index is 1.08. The highest BCUT2D eigenvalue weighted by molar-refractivity contribution is 7.00. The summed E-state index contributed by atoms with van der Waals surface area (Å²) in [7, 11) is 0. The number of fused-ring (bicyclic) bond motifs is 6. The van der Waals surface area contributed by atoms with Crippen LogP contribution in [0.2, 0.25) is 0 Å². The highest BCUT2D eigenvalue weighted by atomic mass is 16.3. The molecule has 3 aliphatic rings. The number of benzene rings is 9. The number of hydrogen-bond acceptors (Lipinski definition) is 6. The van der Waals surface area contributed by atoms with Crippen LogP contribution in [-0.2, 0) is 10.8 Å². The van der Waals surface area contributed by atoms with Crippen molar-refractivity contribution in [2.75, 3.05) is 19.4 Å². The Kier molecular flexibility index (Phi) is 13.4. The van der Waals surface area contributed by atoms with Gasteiger partial charge in [0.1, 0.15) is 22.9 Å². The first-order valence-electron chi connectivity index (χ1n) is 31.2. The van der Waals surface area contributed by atoms with Gasteiger partial charge in [-0.05, 0) is 230 Å². The van der Waals surface area contributed by atoms with Crippen molar-refractivity contribution in [3.05, 3.63) is 250 Å². The molecule has 0 bridgehead atoms. The highest BCUT2D eigenvalue weighted by Crippen LogP contribution is 2.54. The van der Waals surface area contributed by atoms with E-state index in [1.165, 1.54) is 83.5 Å². The lowest BCUT2D eigenvalue weighted by atomic mass is 9.33. The molecule has 0 amide bonds. The summed E-state index contributed by atoms with van der Waals surface area (Å²) in [5.74, 6) is 2.45. The summed E-state index contributed by atoms with van der Waals surface area (Å²) in [6.07, 6.45) is 5.95. The Morgan fingerprint density at radius 1 is 0.443 bits per heavy atom. The van der Waals surface area contributed by atoms with Crippen molar-refractivity contribution in [1.82, 2.24) is 0 Å². The first-order chi connectivity index (χ1) is 42.2. The van der Waals surface area contributed by atoms with Gasteiger partial charge in [-0.25, -0.2) is 0 Å². The largest absolute Gasteiger partial charge is 0.456 e. The van der Waals surface area contributed by atoms with Crippen LogP contribution in [-0.4, -0.2) is 13.7 Å². The number of rotatable bonds is 9. The minimum atomic E-state index is -0.229. The maximum absolute atomic E-state index is 6.59. The van der Waals surface area contributed by atoms with Crippen LogP contribution in [0.5, 0.6) is 0 Å². The predicted octanol–water partition coefficient (Wildman–Crippen LogP) is 19.6. The number of nitrogens with zero attached hydrogens (tertiary/aromatic N) is 4. The van der Waals surface area contributed by atoms with Crippen molar-refractivity contribution in [2.24, 2.45) is 0 Å². The fraction of sp³-hybridized carbons (Fsp3) is 0.200. The molecule has 434 valence electrons. The monoisotopic (exact) mass is 1150 g/mol. The van der Waals surface area contributed by atoms with Gasteiger partial charge in [0, 0.05) is 56.2 Å². The zero-order chi connectivity index (χ0) is 61.4. The number of aryl methyl sites for hydroxylation is 7. The molecule has 6 nitrogen and oxygen atoms in total. The summed E-state index contributed by atoms with van der Waals surface area (Å²) < 4.78 is 13.2. The van der Waals surface area contributed by atoms with Crippen molar-refractivity contribution < 1.29 is 8.83 Å². The minimum Gasteiger partial charge on any atom is -0.456 e. The zero-order valence-electron chi connectivity index (χ0n) is 53.4. The van der Waals surface area contributed by atoms with Gasteiger partial charge in [-0.3, -0.25) is 0 Å². The molecule has 0 atom stereocenters. The zero-order valence-corrected chi connectivity index (χ0v) is 53.4. The van der Waals surface area contributed by atoms with Gasteiger partial charge < -0.3 is 28.3 Å². The molecule has 14 rings (SSSR count). The van der Waals surface area contributed by atoms with Crippen LogP contribution in [0.4, 0.5) is 56.9 Å². The third-order valence-corrected chi connectivity index (χ3v) is 18.7. The van der Waals surface area contributed by atoms with Gasteiger partial charge >= 0.3 is 6.98 Å². The van der Waals surface area contributed by atoms with Gasteiger partial charge in [0.25, 0.3) is 6.71 Å². The van der Waals surface area contributed by atoms with Crippen molar-refractivity contribution in [3.8, 4) is 22.6 Å². The second-order valence-electron chi connectivity index (χ2n) is 27.0. The van der Waals surface area contributed by atoms with E-state index >= 15 is 0 Å². The number of furan rings is 2. The van der Waals surface area contributed by atoms with Crippen LogP contribution >= 0.6 is 0 Å². The SMILES string of the molecule is C=Cc1oc(-c2cc(C)c(N3c4cc5c(cc4B4c6ccc(C(C)(C)C)cc6N(c6c(C)cc(-c7cc8ccccc8o7)cc6C)c6cc(C)cc3c64)N(c3ccccc3)B(c3c(C)cc(C(C)(C)C)cc3C)N5c3ccccc3)c(C)c2)cc1/C=C\C. The Bertz CT molecular complexity index is 4580. The number of anilines is 10. The molecule has 0 spiro atoms. The van der Waals surface area contributed by atoms with Crippen LogP contribution in [0.15, 0.2) is 197 Å². The fourth-order valence-corrected chi connectivity index (χ4v) is 14.7. The lowest BCUT2D eigenvalue weighted by Crippen LogP contribution is -2.61. The van der Waals surface area contributed by atoms with E-state index in [2.05, 4.69) is 298 Å². The van der Waals surface area contributed by atoms with Crippen molar-refractivity contribution in [1.29, 1.82) is 0 Å². The first kappa shape index (κ1) is 56.4. The molecule has 0 aliphatic carbocycles. The molecule has 0 fully saturated rings. The molecule has 88 heavy (non-hydrogen) atoms. The fourth-order valence-electron chi connectivity index (χ4n) is 14.7. The average Bonchev–Trinajstić information content (AvgIpc) is 1.04. The maximum atomic E-state index is 6.59. The lowest BCUT2D eigenvalue weighted by molar-refractivity contribution is 0.571. The second-order valence-corrected chi connectivity index (χ2v) is 27.0. The Morgan fingerprint density at radius 3 is 1.48 bits per heavy atom. The van der Waals surface area contributed by atoms with E-state index < -0.39 is 0 Å². The highest BCUT2D eigenvalue weighted by Gasteiger charge is 2.50. The minimum absolute atomic E-state index is 0.0220. The summed E-state index contributed by atoms with van der Waals surface area (Å²) in [5.41, 5.74) is 31.5. The maximum Gasteiger partial charge on any atom is 0.421 e. The topological polar surface area (TPSA) is 39.2 Å². The molecule has 0 saturated carbocycles. The van der Waals surface area contributed by atoms with Crippen molar-refractivity contribution >= 4 is 116 Å². The molecule has 8 heteroatoms. The van der Waals surface area contributed by atoms with Gasteiger partial charge in [-0.2, -0.15) is 0 Å². The molecular formula is C80H76B2N4O2. The molecule has 5 heterocycles. The molecule has 3 aliphatic heterocycles. The van der Waals surface area contributed by atoms with Gasteiger partial charge in [-0.15, -0.1) is 0 Å². The van der Waals surface area contributed by atoms with E-state index in [0.717, 1.165) is 90.2 Å². The number of hydrogen-bond donors (Lipinski definition) is 0. The summed E-state index contributed by atoms with van der Waals surface area (Å²) in [6.45, 7) is 35.8. The molecule has 9 aromatic carbocycles. The van der Waals surface area contributed by atoms with Crippen molar-refractivity contribution in [3.63, 3.8) is 0 Å². The summed E-state index contributed by atoms with van der Waals surface area (Å²) in [5, 5.41) is 1.10. The quantitative estimate of drug-likeness (QED) is 0.134. The number of allylic oxidation sites excluding steroid dienone is 1. The van der Waals surface area contributed by atoms with Gasteiger partial charge in [0.2, 0.25) is 0 Å². The van der Waals surface area contributed by atoms with E-state index in [4.69, 9.17) is 8.83 Å². The molecule has 0 saturated heterocycles. The third-order valence-electron chi connectivity index (χ3n) is 18.7. The van der Waals surface area contributed by atoms with Crippen LogP contribution < -0.4 is 41.3 Å². The summed E-state index contributed by atoms with van der Waals surface area (Å²) in [6, 6.07) is 66.4. The van der Waals surface area contributed by atoms with E-state index in [0.29, 0.717) is 0 Å². The van der Waals surface area contributed by atoms with Crippen LogP contribution in [0.1, 0.15) is 110 Å². The summed E-state index contributed by atoms with van der Waals surface area (Å²) >= 11 is 0.